The first-order valence-electron chi connectivity index (χ1n) is 7.02. The molecule has 0 aromatic carbocycles. The van der Waals surface area contributed by atoms with Crippen LogP contribution < -0.4 is 11.1 Å². The maximum atomic E-state index is 11.9. The van der Waals surface area contributed by atoms with Crippen LogP contribution in [0, 0.1) is 11.8 Å². The molecule has 1 aliphatic carbocycles. The Balaban J connectivity index is 1.69. The minimum absolute atomic E-state index is 0.0115. The third-order valence-corrected chi connectivity index (χ3v) is 4.07. The summed E-state index contributed by atoms with van der Waals surface area (Å²) in [5.74, 6) is 0.736. The zero-order chi connectivity index (χ0) is 13.1. The summed E-state index contributed by atoms with van der Waals surface area (Å²) >= 11 is 0. The lowest BCUT2D eigenvalue weighted by atomic mass is 10.1. The Morgan fingerprint density at radius 3 is 2.83 bits per heavy atom. The van der Waals surface area contributed by atoms with Crippen molar-refractivity contribution < 1.29 is 4.79 Å². The fourth-order valence-electron chi connectivity index (χ4n) is 2.80. The molecule has 3 unspecified atom stereocenters. The number of carbonyl (C=O) groups is 1. The van der Waals surface area contributed by atoms with E-state index < -0.39 is 0 Å². The second-order valence-electron chi connectivity index (χ2n) is 5.88. The molecule has 0 aromatic rings. The molecule has 1 heterocycles. The molecule has 1 fully saturated rings. The van der Waals surface area contributed by atoms with Gasteiger partial charge in [0.1, 0.15) is 0 Å². The smallest absolute Gasteiger partial charge is 0.227 e. The molecular formula is C14H25N3O. The van der Waals surface area contributed by atoms with Gasteiger partial charge in [-0.15, -0.1) is 0 Å². The highest BCUT2D eigenvalue weighted by atomic mass is 16.1. The quantitative estimate of drug-likeness (QED) is 0.724. The summed E-state index contributed by atoms with van der Waals surface area (Å²) in [6.45, 7) is 7.53. The molecule has 4 nitrogen and oxygen atoms in total. The van der Waals surface area contributed by atoms with Crippen LogP contribution in [0.25, 0.3) is 0 Å². The highest BCUT2D eigenvalue weighted by Gasteiger charge is 2.26. The fourth-order valence-corrected chi connectivity index (χ4v) is 2.80. The molecule has 102 valence electrons. The van der Waals surface area contributed by atoms with Crippen LogP contribution in [0.1, 0.15) is 26.7 Å². The molecule has 0 aromatic heterocycles. The van der Waals surface area contributed by atoms with Crippen molar-refractivity contribution in [3.63, 3.8) is 0 Å². The van der Waals surface area contributed by atoms with Gasteiger partial charge in [0, 0.05) is 25.2 Å². The maximum absolute atomic E-state index is 11.9. The molecule has 0 saturated carbocycles. The molecule has 1 aliphatic heterocycles. The fraction of sp³-hybridized carbons (Fsp3) is 0.786. The Kier molecular flexibility index (Phi) is 4.40. The molecule has 3 atom stereocenters. The third-order valence-electron chi connectivity index (χ3n) is 4.07. The molecule has 4 heteroatoms. The predicted octanol–water partition coefficient (Wildman–Crippen LogP) is 0.736. The lowest BCUT2D eigenvalue weighted by molar-refractivity contribution is -0.123. The van der Waals surface area contributed by atoms with E-state index in [1.54, 1.807) is 0 Å². The van der Waals surface area contributed by atoms with E-state index in [0.717, 1.165) is 26.1 Å². The van der Waals surface area contributed by atoms with Crippen LogP contribution in [0.4, 0.5) is 0 Å². The number of hydrogen-bond donors (Lipinski definition) is 2. The molecule has 0 radical (unpaired) electrons. The topological polar surface area (TPSA) is 58.4 Å². The Morgan fingerprint density at radius 1 is 1.50 bits per heavy atom. The van der Waals surface area contributed by atoms with E-state index in [-0.39, 0.29) is 17.9 Å². The molecule has 18 heavy (non-hydrogen) atoms. The SMILES string of the molecule is CC(C)N1CCC(CNC(=O)C2C=CC(N)C2)C1. The first-order valence-corrected chi connectivity index (χ1v) is 7.02. The van der Waals surface area contributed by atoms with Gasteiger partial charge in [-0.2, -0.15) is 0 Å². The first-order chi connectivity index (χ1) is 8.56. The van der Waals surface area contributed by atoms with Gasteiger partial charge in [-0.05, 0) is 39.2 Å². The monoisotopic (exact) mass is 251 g/mol. The van der Waals surface area contributed by atoms with Crippen LogP contribution in [0.2, 0.25) is 0 Å². The number of nitrogens with two attached hydrogens (primary N) is 1. The van der Waals surface area contributed by atoms with Crippen molar-refractivity contribution >= 4 is 5.91 Å². The van der Waals surface area contributed by atoms with Gasteiger partial charge < -0.3 is 16.0 Å². The van der Waals surface area contributed by atoms with Crippen LogP contribution in [0.15, 0.2) is 12.2 Å². The molecule has 2 aliphatic rings. The second-order valence-corrected chi connectivity index (χ2v) is 5.88. The number of likely N-dealkylation sites (tertiary alicyclic amines) is 1. The van der Waals surface area contributed by atoms with Gasteiger partial charge in [0.15, 0.2) is 0 Å². The maximum Gasteiger partial charge on any atom is 0.227 e. The lowest BCUT2D eigenvalue weighted by Gasteiger charge is -2.20. The van der Waals surface area contributed by atoms with Gasteiger partial charge in [0.2, 0.25) is 5.91 Å². The van der Waals surface area contributed by atoms with Crippen molar-refractivity contribution in [1.29, 1.82) is 0 Å². The van der Waals surface area contributed by atoms with E-state index in [4.69, 9.17) is 5.73 Å². The number of nitrogens with zero attached hydrogens (tertiary/aromatic N) is 1. The highest BCUT2D eigenvalue weighted by Crippen LogP contribution is 2.19. The molecule has 0 bridgehead atoms. The van der Waals surface area contributed by atoms with Crippen molar-refractivity contribution in [2.45, 2.75) is 38.8 Å². The summed E-state index contributed by atoms with van der Waals surface area (Å²) in [5, 5.41) is 3.07. The summed E-state index contributed by atoms with van der Waals surface area (Å²) in [6.07, 6.45) is 5.82. The van der Waals surface area contributed by atoms with Crippen LogP contribution in [-0.4, -0.2) is 42.5 Å². The second kappa shape index (κ2) is 5.85. The number of hydrogen-bond acceptors (Lipinski definition) is 3. The average molecular weight is 251 g/mol. The molecule has 1 amide bonds. The van der Waals surface area contributed by atoms with Crippen molar-refractivity contribution in [1.82, 2.24) is 10.2 Å². The standard InChI is InChI=1S/C14H25N3O/c1-10(2)17-6-5-11(9-17)8-16-14(18)12-3-4-13(15)7-12/h3-4,10-13H,5-9,15H2,1-2H3,(H,16,18). The van der Waals surface area contributed by atoms with E-state index in [1.165, 1.54) is 6.42 Å². The van der Waals surface area contributed by atoms with Crippen molar-refractivity contribution in [2.75, 3.05) is 19.6 Å². The van der Waals surface area contributed by atoms with Crippen molar-refractivity contribution in [3.05, 3.63) is 12.2 Å². The summed E-state index contributed by atoms with van der Waals surface area (Å²) in [5.41, 5.74) is 5.76. The lowest BCUT2D eigenvalue weighted by Crippen LogP contribution is -2.36. The van der Waals surface area contributed by atoms with Gasteiger partial charge in [-0.25, -0.2) is 0 Å². The minimum Gasteiger partial charge on any atom is -0.355 e. The van der Waals surface area contributed by atoms with Gasteiger partial charge in [-0.3, -0.25) is 4.79 Å². The molecular weight excluding hydrogens is 226 g/mol. The van der Waals surface area contributed by atoms with Crippen LogP contribution in [0.5, 0.6) is 0 Å². The van der Waals surface area contributed by atoms with Gasteiger partial charge in [0.25, 0.3) is 0 Å². The third kappa shape index (κ3) is 3.33. The minimum atomic E-state index is -0.0115. The van der Waals surface area contributed by atoms with Gasteiger partial charge >= 0.3 is 0 Å². The zero-order valence-corrected chi connectivity index (χ0v) is 11.4. The highest BCUT2D eigenvalue weighted by molar-refractivity contribution is 5.81. The summed E-state index contributed by atoms with van der Waals surface area (Å²) < 4.78 is 0. The Morgan fingerprint density at radius 2 is 2.28 bits per heavy atom. The number of carbonyl (C=O) groups excluding carboxylic acids is 1. The van der Waals surface area contributed by atoms with E-state index in [2.05, 4.69) is 24.1 Å². The summed E-state index contributed by atoms with van der Waals surface area (Å²) in [4.78, 5) is 14.4. The Hall–Kier alpha value is -0.870. The molecule has 2 rings (SSSR count). The van der Waals surface area contributed by atoms with E-state index in [1.807, 2.05) is 12.2 Å². The predicted molar refractivity (Wildman–Crippen MR) is 73.0 cm³/mol. The largest absolute Gasteiger partial charge is 0.355 e. The van der Waals surface area contributed by atoms with Crippen LogP contribution in [-0.2, 0) is 4.79 Å². The van der Waals surface area contributed by atoms with E-state index in [9.17, 15) is 4.79 Å². The average Bonchev–Trinajstić information content (AvgIpc) is 2.94. The molecule has 0 spiro atoms. The van der Waals surface area contributed by atoms with Gasteiger partial charge in [-0.1, -0.05) is 12.2 Å². The summed E-state index contributed by atoms with van der Waals surface area (Å²) in [7, 11) is 0. The molecule has 1 saturated heterocycles. The normalized spacial score (nSPS) is 32.3. The van der Waals surface area contributed by atoms with Crippen LogP contribution in [0.3, 0.4) is 0 Å². The number of nitrogens with one attached hydrogen (secondary N) is 1. The Labute approximate surface area is 110 Å². The zero-order valence-electron chi connectivity index (χ0n) is 11.4. The van der Waals surface area contributed by atoms with E-state index in [0.29, 0.717) is 12.0 Å². The molecule has 3 N–H and O–H groups in total. The summed E-state index contributed by atoms with van der Waals surface area (Å²) in [6, 6.07) is 0.671. The van der Waals surface area contributed by atoms with Gasteiger partial charge in [0.05, 0.1) is 5.92 Å². The van der Waals surface area contributed by atoms with Crippen molar-refractivity contribution in [2.24, 2.45) is 17.6 Å². The van der Waals surface area contributed by atoms with E-state index >= 15 is 0 Å². The Bertz CT molecular complexity index is 327. The first kappa shape index (κ1) is 13.6. The van der Waals surface area contributed by atoms with Crippen LogP contribution >= 0.6 is 0 Å². The number of amides is 1. The van der Waals surface area contributed by atoms with Crippen molar-refractivity contribution in [3.8, 4) is 0 Å². The number of rotatable bonds is 4.